The minimum atomic E-state index is -1.30. The van der Waals surface area contributed by atoms with Crippen LogP contribution >= 0.6 is 0 Å². The number of hydrogen-bond donors (Lipinski definition) is 3. The summed E-state index contributed by atoms with van der Waals surface area (Å²) in [6.07, 6.45) is 0. The first-order valence-electron chi connectivity index (χ1n) is 4.25. The van der Waals surface area contributed by atoms with Crippen LogP contribution in [0.25, 0.3) is 0 Å². The fourth-order valence-electron chi connectivity index (χ4n) is 1.30. The van der Waals surface area contributed by atoms with Crippen molar-refractivity contribution in [3.63, 3.8) is 0 Å². The lowest BCUT2D eigenvalue weighted by molar-refractivity contribution is 0.0696. The molecule has 0 saturated heterocycles. The Morgan fingerprint density at radius 3 is 1.69 bits per heavy atom. The fraction of sp³-hybridized carbons (Fsp3) is 0.100. The molecule has 0 atom stereocenters. The largest absolute Gasteiger partial charge is 0.478 e. The van der Waals surface area contributed by atoms with Gasteiger partial charge in [0, 0.05) is 5.56 Å². The van der Waals surface area contributed by atoms with Crippen LogP contribution in [0.3, 0.4) is 0 Å². The second kappa shape index (κ2) is 4.01. The molecule has 0 heterocycles. The van der Waals surface area contributed by atoms with Gasteiger partial charge in [0.05, 0.1) is 11.1 Å². The molecule has 0 bridgehead atoms. The first-order chi connectivity index (χ1) is 7.34. The molecule has 1 amide bonds. The van der Waals surface area contributed by atoms with Gasteiger partial charge in [-0.1, -0.05) is 0 Å². The predicted octanol–water partition coefficient (Wildman–Crippen LogP) is 0.490. The third-order valence-electron chi connectivity index (χ3n) is 2.15. The molecule has 0 aliphatic rings. The Labute approximate surface area is 90.3 Å². The van der Waals surface area contributed by atoms with Crippen molar-refractivity contribution in [3.05, 3.63) is 34.4 Å². The van der Waals surface area contributed by atoms with Crippen molar-refractivity contribution in [2.75, 3.05) is 0 Å². The Balaban J connectivity index is 3.57. The molecule has 0 aromatic heterocycles. The van der Waals surface area contributed by atoms with E-state index in [0.717, 1.165) is 12.1 Å². The maximum absolute atomic E-state index is 10.9. The summed E-state index contributed by atoms with van der Waals surface area (Å²) < 4.78 is 0. The van der Waals surface area contributed by atoms with Crippen molar-refractivity contribution in [2.24, 2.45) is 5.73 Å². The Hall–Kier alpha value is -2.37. The van der Waals surface area contributed by atoms with Crippen LogP contribution in [-0.2, 0) is 0 Å². The van der Waals surface area contributed by atoms with Crippen LogP contribution < -0.4 is 5.73 Å². The van der Waals surface area contributed by atoms with Crippen molar-refractivity contribution in [3.8, 4) is 0 Å². The van der Waals surface area contributed by atoms with Gasteiger partial charge in [-0.3, -0.25) is 4.79 Å². The number of carbonyl (C=O) groups is 3. The average molecular weight is 223 g/mol. The van der Waals surface area contributed by atoms with Crippen molar-refractivity contribution in [1.82, 2.24) is 0 Å². The molecule has 1 aromatic carbocycles. The topological polar surface area (TPSA) is 118 Å². The molecule has 0 saturated carbocycles. The smallest absolute Gasteiger partial charge is 0.336 e. The summed E-state index contributed by atoms with van der Waals surface area (Å²) in [6, 6.07) is 2.12. The molecule has 0 spiro atoms. The van der Waals surface area contributed by atoms with Crippen molar-refractivity contribution in [1.29, 1.82) is 0 Å². The molecule has 0 radical (unpaired) electrons. The normalized spacial score (nSPS) is 9.81. The Kier molecular flexibility index (Phi) is 2.94. The second-order valence-electron chi connectivity index (χ2n) is 3.17. The summed E-state index contributed by atoms with van der Waals surface area (Å²) in [4.78, 5) is 32.6. The standard InChI is InChI=1S/C10H9NO5/c1-4-6(9(13)14)2-5(8(11)12)3-7(4)10(15)16/h2-3H,1H3,(H2,11,12)(H,13,14)(H,15,16). The zero-order valence-electron chi connectivity index (χ0n) is 8.35. The zero-order chi connectivity index (χ0) is 12.5. The molecule has 0 fully saturated rings. The Morgan fingerprint density at radius 2 is 1.44 bits per heavy atom. The van der Waals surface area contributed by atoms with E-state index in [4.69, 9.17) is 15.9 Å². The molecule has 0 aliphatic heterocycles. The monoisotopic (exact) mass is 223 g/mol. The Bertz CT molecular complexity index is 457. The first kappa shape index (κ1) is 11.7. The Morgan fingerprint density at radius 1 is 1.06 bits per heavy atom. The second-order valence-corrected chi connectivity index (χ2v) is 3.17. The van der Waals surface area contributed by atoms with Gasteiger partial charge in [-0.2, -0.15) is 0 Å². The maximum Gasteiger partial charge on any atom is 0.336 e. The molecule has 16 heavy (non-hydrogen) atoms. The summed E-state index contributed by atoms with van der Waals surface area (Å²) in [5.41, 5.74) is 4.44. The number of carbonyl (C=O) groups excluding carboxylic acids is 1. The molecule has 1 aromatic rings. The molecule has 0 unspecified atom stereocenters. The lowest BCUT2D eigenvalue weighted by Gasteiger charge is -2.07. The molecule has 0 aliphatic carbocycles. The number of benzene rings is 1. The number of hydrogen-bond acceptors (Lipinski definition) is 3. The molecule has 1 rings (SSSR count). The molecular weight excluding hydrogens is 214 g/mol. The van der Waals surface area contributed by atoms with E-state index < -0.39 is 17.8 Å². The van der Waals surface area contributed by atoms with Crippen LogP contribution in [0, 0.1) is 6.92 Å². The predicted molar refractivity (Wildman–Crippen MR) is 53.6 cm³/mol. The van der Waals surface area contributed by atoms with E-state index in [1.165, 1.54) is 6.92 Å². The van der Waals surface area contributed by atoms with Gasteiger partial charge in [-0.15, -0.1) is 0 Å². The number of rotatable bonds is 3. The van der Waals surface area contributed by atoms with Gasteiger partial charge >= 0.3 is 11.9 Å². The van der Waals surface area contributed by atoms with Gasteiger partial charge in [0.1, 0.15) is 0 Å². The van der Waals surface area contributed by atoms with Gasteiger partial charge in [0.25, 0.3) is 0 Å². The van der Waals surface area contributed by atoms with Crippen LogP contribution in [0.15, 0.2) is 12.1 Å². The van der Waals surface area contributed by atoms with Crippen molar-refractivity contribution in [2.45, 2.75) is 6.92 Å². The highest BCUT2D eigenvalue weighted by Crippen LogP contribution is 2.17. The van der Waals surface area contributed by atoms with Crippen molar-refractivity contribution >= 4 is 17.8 Å². The van der Waals surface area contributed by atoms with E-state index in [2.05, 4.69) is 0 Å². The highest BCUT2D eigenvalue weighted by Gasteiger charge is 2.18. The summed E-state index contributed by atoms with van der Waals surface area (Å²) >= 11 is 0. The minimum Gasteiger partial charge on any atom is -0.478 e. The van der Waals surface area contributed by atoms with Gasteiger partial charge in [0.2, 0.25) is 5.91 Å². The number of amides is 1. The van der Waals surface area contributed by atoms with E-state index in [0.29, 0.717) is 0 Å². The minimum absolute atomic E-state index is 0.0880. The van der Waals surface area contributed by atoms with Crippen LogP contribution in [0.5, 0.6) is 0 Å². The van der Waals surface area contributed by atoms with E-state index >= 15 is 0 Å². The van der Waals surface area contributed by atoms with E-state index in [1.54, 1.807) is 0 Å². The third kappa shape index (κ3) is 2.00. The van der Waals surface area contributed by atoms with Crippen LogP contribution in [0.1, 0.15) is 36.6 Å². The number of carboxylic acid groups (broad SMARTS) is 2. The summed E-state index contributed by atoms with van der Waals surface area (Å²) in [5, 5.41) is 17.7. The number of primary amides is 1. The molecule has 6 heteroatoms. The van der Waals surface area contributed by atoms with Gasteiger partial charge < -0.3 is 15.9 Å². The van der Waals surface area contributed by atoms with Crippen molar-refractivity contribution < 1.29 is 24.6 Å². The highest BCUT2D eigenvalue weighted by molar-refractivity contribution is 6.02. The van der Waals surface area contributed by atoms with Gasteiger partial charge in [-0.25, -0.2) is 9.59 Å². The number of aromatic carboxylic acids is 2. The van der Waals surface area contributed by atoms with Gasteiger partial charge in [-0.05, 0) is 24.6 Å². The summed E-state index contributed by atoms with van der Waals surface area (Å²) in [7, 11) is 0. The quantitative estimate of drug-likeness (QED) is 0.689. The number of nitrogens with two attached hydrogens (primary N) is 1. The number of carboxylic acids is 2. The first-order valence-corrected chi connectivity index (χ1v) is 4.25. The van der Waals surface area contributed by atoms with Crippen LogP contribution in [0.4, 0.5) is 0 Å². The average Bonchev–Trinajstić information content (AvgIpc) is 2.16. The lowest BCUT2D eigenvalue weighted by atomic mass is 9.98. The SMILES string of the molecule is Cc1c(C(=O)O)cc(C(N)=O)cc1C(=O)O. The zero-order valence-corrected chi connectivity index (χ0v) is 8.35. The fourth-order valence-corrected chi connectivity index (χ4v) is 1.30. The molecule has 84 valence electrons. The molecule has 4 N–H and O–H groups in total. The van der Waals surface area contributed by atoms with Gasteiger partial charge in [0.15, 0.2) is 0 Å². The third-order valence-corrected chi connectivity index (χ3v) is 2.15. The highest BCUT2D eigenvalue weighted by atomic mass is 16.4. The van der Waals surface area contributed by atoms with E-state index in [-0.39, 0.29) is 22.3 Å². The summed E-state index contributed by atoms with van der Waals surface area (Å²) in [5.74, 6) is -3.48. The molecular formula is C10H9NO5. The molecule has 6 nitrogen and oxygen atoms in total. The van der Waals surface area contributed by atoms with E-state index in [1.807, 2.05) is 0 Å². The van der Waals surface area contributed by atoms with Crippen LogP contribution in [0.2, 0.25) is 0 Å². The lowest BCUT2D eigenvalue weighted by Crippen LogP contribution is -2.15. The maximum atomic E-state index is 10.9. The van der Waals surface area contributed by atoms with E-state index in [9.17, 15) is 14.4 Å². The summed E-state index contributed by atoms with van der Waals surface area (Å²) in [6.45, 7) is 1.36. The van der Waals surface area contributed by atoms with Crippen LogP contribution in [-0.4, -0.2) is 28.1 Å².